The highest BCUT2D eigenvalue weighted by molar-refractivity contribution is 5.68. The Morgan fingerprint density at radius 3 is 1.86 bits per heavy atom. The van der Waals surface area contributed by atoms with E-state index in [1.54, 1.807) is 0 Å². The molecule has 0 aliphatic carbocycles. The smallest absolute Gasteiger partial charge is 0.305 e. The molecule has 0 amide bonds. The van der Waals surface area contributed by atoms with Gasteiger partial charge in [0.15, 0.2) is 0 Å². The van der Waals surface area contributed by atoms with Crippen molar-refractivity contribution in [2.75, 3.05) is 7.11 Å². The van der Waals surface area contributed by atoms with Gasteiger partial charge in [-0.05, 0) is 19.3 Å². The number of methoxy groups -OCH3 is 1. The zero-order valence-corrected chi connectivity index (χ0v) is 14.8. The Morgan fingerprint density at radius 1 is 0.818 bits per heavy atom. The lowest BCUT2D eigenvalue weighted by molar-refractivity contribution is -0.140. The second kappa shape index (κ2) is 12.9. The lowest BCUT2D eigenvalue weighted by atomic mass is 10.0. The molecule has 1 aliphatic rings. The van der Waals surface area contributed by atoms with Crippen molar-refractivity contribution in [3.63, 3.8) is 0 Å². The molecule has 1 heterocycles. The largest absolute Gasteiger partial charge is 0.469 e. The van der Waals surface area contributed by atoms with Gasteiger partial charge in [-0.3, -0.25) is 4.79 Å². The standard InChI is InChI=1S/C19H36O3/c1-3-4-5-6-8-11-14-17-18(22-17)15-12-9-7-10-13-16-19(20)21-2/h17-18H,3-16H2,1-2H3. The van der Waals surface area contributed by atoms with Crippen LogP contribution in [-0.4, -0.2) is 25.3 Å². The van der Waals surface area contributed by atoms with Crippen LogP contribution in [0.2, 0.25) is 0 Å². The average Bonchev–Trinajstić information content (AvgIpc) is 3.28. The Labute approximate surface area is 137 Å². The highest BCUT2D eigenvalue weighted by Gasteiger charge is 2.36. The van der Waals surface area contributed by atoms with Crippen LogP contribution in [0.15, 0.2) is 0 Å². The van der Waals surface area contributed by atoms with E-state index in [1.807, 2.05) is 0 Å². The topological polar surface area (TPSA) is 38.8 Å². The fourth-order valence-electron chi connectivity index (χ4n) is 3.06. The molecular weight excluding hydrogens is 276 g/mol. The van der Waals surface area contributed by atoms with Crippen molar-refractivity contribution >= 4 is 5.97 Å². The number of hydrogen-bond acceptors (Lipinski definition) is 3. The quantitative estimate of drug-likeness (QED) is 0.230. The Bertz CT molecular complexity index is 278. The predicted molar refractivity (Wildman–Crippen MR) is 91.0 cm³/mol. The third kappa shape index (κ3) is 10.2. The number of carbonyl (C=O) groups is 1. The van der Waals surface area contributed by atoms with Gasteiger partial charge in [0.05, 0.1) is 19.3 Å². The molecule has 0 aromatic carbocycles. The predicted octanol–water partition coefficient (Wildman–Crippen LogP) is 5.41. The first kappa shape index (κ1) is 19.5. The SMILES string of the molecule is CCCCCCCCC1OC1CCCCCCCC(=O)OC. The molecule has 2 atom stereocenters. The molecule has 1 fully saturated rings. The van der Waals surface area contributed by atoms with Crippen LogP contribution in [0.25, 0.3) is 0 Å². The Balaban J connectivity index is 1.77. The van der Waals surface area contributed by atoms with Gasteiger partial charge in [-0.1, -0.05) is 71.1 Å². The Kier molecular flexibility index (Phi) is 11.4. The summed E-state index contributed by atoms with van der Waals surface area (Å²) >= 11 is 0. The van der Waals surface area contributed by atoms with E-state index >= 15 is 0 Å². The van der Waals surface area contributed by atoms with Gasteiger partial charge in [-0.2, -0.15) is 0 Å². The molecule has 3 nitrogen and oxygen atoms in total. The number of esters is 1. The summed E-state index contributed by atoms with van der Waals surface area (Å²) in [5, 5.41) is 0. The number of rotatable bonds is 15. The Hall–Kier alpha value is -0.570. The van der Waals surface area contributed by atoms with E-state index in [0.717, 1.165) is 12.8 Å². The van der Waals surface area contributed by atoms with Gasteiger partial charge in [0.1, 0.15) is 0 Å². The van der Waals surface area contributed by atoms with Crippen molar-refractivity contribution in [3.8, 4) is 0 Å². The number of carbonyl (C=O) groups excluding carboxylic acids is 1. The van der Waals surface area contributed by atoms with E-state index in [9.17, 15) is 4.79 Å². The first-order valence-electron chi connectivity index (χ1n) is 9.50. The zero-order valence-electron chi connectivity index (χ0n) is 14.8. The summed E-state index contributed by atoms with van der Waals surface area (Å²) < 4.78 is 10.4. The number of epoxide rings is 1. The number of hydrogen-bond donors (Lipinski definition) is 0. The minimum absolute atomic E-state index is 0.0797. The van der Waals surface area contributed by atoms with Crippen LogP contribution in [0, 0.1) is 0 Å². The van der Waals surface area contributed by atoms with Crippen LogP contribution in [0.1, 0.15) is 96.8 Å². The first-order valence-corrected chi connectivity index (χ1v) is 9.50. The van der Waals surface area contributed by atoms with Gasteiger partial charge < -0.3 is 9.47 Å². The van der Waals surface area contributed by atoms with Crippen LogP contribution < -0.4 is 0 Å². The number of ether oxygens (including phenoxy) is 2. The van der Waals surface area contributed by atoms with E-state index in [1.165, 1.54) is 77.7 Å². The van der Waals surface area contributed by atoms with Gasteiger partial charge in [-0.25, -0.2) is 0 Å². The summed E-state index contributed by atoms with van der Waals surface area (Å²) in [6.07, 6.45) is 18.3. The first-order chi connectivity index (χ1) is 10.8. The molecule has 0 spiro atoms. The third-order valence-electron chi connectivity index (χ3n) is 4.63. The molecule has 0 N–H and O–H groups in total. The van der Waals surface area contributed by atoms with Crippen LogP contribution in [0.4, 0.5) is 0 Å². The maximum absolute atomic E-state index is 11.0. The molecule has 0 aromatic rings. The lowest BCUT2D eigenvalue weighted by Gasteiger charge is -2.01. The van der Waals surface area contributed by atoms with Crippen LogP contribution in [-0.2, 0) is 14.3 Å². The van der Waals surface area contributed by atoms with Crippen LogP contribution in [0.3, 0.4) is 0 Å². The third-order valence-corrected chi connectivity index (χ3v) is 4.63. The molecular formula is C19H36O3. The van der Waals surface area contributed by atoms with Crippen molar-refractivity contribution in [2.24, 2.45) is 0 Å². The van der Waals surface area contributed by atoms with E-state index in [2.05, 4.69) is 11.7 Å². The van der Waals surface area contributed by atoms with Gasteiger partial charge in [0.2, 0.25) is 0 Å². The van der Waals surface area contributed by atoms with Gasteiger partial charge >= 0.3 is 5.97 Å². The van der Waals surface area contributed by atoms with Gasteiger partial charge in [0.25, 0.3) is 0 Å². The van der Waals surface area contributed by atoms with E-state index < -0.39 is 0 Å². The molecule has 1 aliphatic heterocycles. The summed E-state index contributed by atoms with van der Waals surface area (Å²) in [7, 11) is 1.46. The molecule has 130 valence electrons. The fourth-order valence-corrected chi connectivity index (χ4v) is 3.06. The van der Waals surface area contributed by atoms with E-state index in [0.29, 0.717) is 18.6 Å². The highest BCUT2D eigenvalue weighted by Crippen LogP contribution is 2.31. The van der Waals surface area contributed by atoms with Gasteiger partial charge in [-0.15, -0.1) is 0 Å². The molecule has 3 heteroatoms. The molecule has 22 heavy (non-hydrogen) atoms. The van der Waals surface area contributed by atoms with Crippen molar-refractivity contribution in [1.29, 1.82) is 0 Å². The van der Waals surface area contributed by atoms with Crippen LogP contribution >= 0.6 is 0 Å². The summed E-state index contributed by atoms with van der Waals surface area (Å²) in [6, 6.07) is 0. The lowest BCUT2D eigenvalue weighted by Crippen LogP contribution is -1.99. The summed E-state index contributed by atoms with van der Waals surface area (Å²) in [6.45, 7) is 2.27. The number of unbranched alkanes of at least 4 members (excludes halogenated alkanes) is 9. The fraction of sp³-hybridized carbons (Fsp3) is 0.947. The second-order valence-electron chi connectivity index (χ2n) is 6.65. The zero-order chi connectivity index (χ0) is 16.0. The molecule has 0 aromatic heterocycles. The maximum atomic E-state index is 11.0. The van der Waals surface area contributed by atoms with Crippen LogP contribution in [0.5, 0.6) is 0 Å². The molecule has 0 radical (unpaired) electrons. The maximum Gasteiger partial charge on any atom is 0.305 e. The summed E-state index contributed by atoms with van der Waals surface area (Å²) in [4.78, 5) is 11.0. The monoisotopic (exact) mass is 312 g/mol. The molecule has 2 unspecified atom stereocenters. The minimum atomic E-state index is -0.0797. The normalized spacial score (nSPS) is 20.1. The molecule has 1 saturated heterocycles. The van der Waals surface area contributed by atoms with Crippen molar-refractivity contribution in [2.45, 2.75) is 109 Å². The average molecular weight is 312 g/mol. The molecule has 1 rings (SSSR count). The van der Waals surface area contributed by atoms with Crippen molar-refractivity contribution in [1.82, 2.24) is 0 Å². The van der Waals surface area contributed by atoms with E-state index in [4.69, 9.17) is 4.74 Å². The van der Waals surface area contributed by atoms with Crippen molar-refractivity contribution in [3.05, 3.63) is 0 Å². The highest BCUT2D eigenvalue weighted by atomic mass is 16.6. The van der Waals surface area contributed by atoms with Crippen molar-refractivity contribution < 1.29 is 14.3 Å². The summed E-state index contributed by atoms with van der Waals surface area (Å²) in [5.74, 6) is -0.0797. The van der Waals surface area contributed by atoms with Gasteiger partial charge in [0, 0.05) is 6.42 Å². The second-order valence-corrected chi connectivity index (χ2v) is 6.65. The summed E-state index contributed by atoms with van der Waals surface area (Å²) in [5.41, 5.74) is 0. The minimum Gasteiger partial charge on any atom is -0.469 e. The molecule has 0 bridgehead atoms. The van der Waals surface area contributed by atoms with E-state index in [-0.39, 0.29) is 5.97 Å². The molecule has 0 saturated carbocycles. The Morgan fingerprint density at radius 2 is 1.32 bits per heavy atom.